The van der Waals surface area contributed by atoms with Crippen molar-refractivity contribution in [3.8, 4) is 11.5 Å². The Morgan fingerprint density at radius 1 is 1.44 bits per heavy atom. The summed E-state index contributed by atoms with van der Waals surface area (Å²) in [4.78, 5) is 20.3. The number of carbonyl (C=O) groups is 1. The van der Waals surface area contributed by atoms with E-state index in [-0.39, 0.29) is 17.4 Å². The minimum absolute atomic E-state index is 0.0903. The molecule has 1 N–H and O–H groups in total. The number of aliphatic hydroxyl groups is 1. The summed E-state index contributed by atoms with van der Waals surface area (Å²) >= 11 is 0. The standard InChI is InChI=1S/C21H26N2O4/c1-4-17(25)23(3)27-16-8-5-12-11-14-13-6-7-15(24)20-21(13,9-10-22(14)2)18(12)19(16)26-20/h5-8,13-15,20,24H,4,9-11H2,1-3H3/t13-,14+,15-,20-,21-/m0/s1. The molecule has 0 radical (unpaired) electrons. The van der Waals surface area contributed by atoms with Crippen LogP contribution in [0.4, 0.5) is 0 Å². The molecule has 1 aromatic rings. The second-order valence-corrected chi connectivity index (χ2v) is 8.25. The zero-order valence-corrected chi connectivity index (χ0v) is 16.0. The SMILES string of the molecule is CCC(=O)N(C)Oc1ccc2c3c1O[C@H]1[C@@H](O)C=C[C@H]4[C@@H](C2)N(C)CC[C@@]341. The summed E-state index contributed by atoms with van der Waals surface area (Å²) in [5.74, 6) is 1.50. The zero-order valence-electron chi connectivity index (χ0n) is 16.0. The number of hydrogen-bond acceptors (Lipinski definition) is 5. The van der Waals surface area contributed by atoms with Crippen LogP contribution in [0.5, 0.6) is 11.5 Å². The zero-order chi connectivity index (χ0) is 18.9. The highest BCUT2D eigenvalue weighted by Gasteiger charge is 2.64. The van der Waals surface area contributed by atoms with Crippen molar-refractivity contribution in [3.63, 3.8) is 0 Å². The quantitative estimate of drug-likeness (QED) is 0.648. The Balaban J connectivity index is 1.65. The summed E-state index contributed by atoms with van der Waals surface area (Å²) < 4.78 is 6.39. The summed E-state index contributed by atoms with van der Waals surface area (Å²) in [6.07, 6.45) is 5.45. The summed E-state index contributed by atoms with van der Waals surface area (Å²) in [5, 5.41) is 12.0. The van der Waals surface area contributed by atoms with Crippen LogP contribution in [0.25, 0.3) is 0 Å². The molecule has 1 saturated heterocycles. The molecule has 5 rings (SSSR count). The number of ether oxygens (including phenoxy) is 1. The summed E-state index contributed by atoms with van der Waals surface area (Å²) in [5.41, 5.74) is 2.26. The molecule has 1 spiro atoms. The molecule has 1 aromatic carbocycles. The number of hydrogen-bond donors (Lipinski definition) is 1. The van der Waals surface area contributed by atoms with Gasteiger partial charge >= 0.3 is 0 Å². The van der Waals surface area contributed by atoms with E-state index >= 15 is 0 Å². The maximum atomic E-state index is 12.0. The average molecular weight is 370 g/mol. The van der Waals surface area contributed by atoms with Crippen molar-refractivity contribution in [1.82, 2.24) is 9.96 Å². The van der Waals surface area contributed by atoms with Crippen LogP contribution in [0, 0.1) is 5.92 Å². The molecule has 0 unspecified atom stereocenters. The Kier molecular flexibility index (Phi) is 3.62. The van der Waals surface area contributed by atoms with Crippen molar-refractivity contribution < 1.29 is 19.5 Å². The third kappa shape index (κ3) is 2.11. The molecule has 2 aliphatic heterocycles. The van der Waals surface area contributed by atoms with Crippen molar-refractivity contribution in [1.29, 1.82) is 0 Å². The number of carbonyl (C=O) groups excluding carboxylic acids is 1. The third-order valence-electron chi connectivity index (χ3n) is 7.02. The van der Waals surface area contributed by atoms with Gasteiger partial charge in [-0.25, -0.2) is 0 Å². The van der Waals surface area contributed by atoms with Gasteiger partial charge in [-0.2, -0.15) is 5.06 Å². The molecule has 4 aliphatic rings. The average Bonchev–Trinajstić information content (AvgIpc) is 3.02. The molecular formula is C21H26N2O4. The van der Waals surface area contributed by atoms with E-state index in [0.717, 1.165) is 19.4 Å². The van der Waals surface area contributed by atoms with Crippen molar-refractivity contribution in [2.45, 2.75) is 49.9 Å². The van der Waals surface area contributed by atoms with Gasteiger partial charge in [0, 0.05) is 36.4 Å². The molecule has 0 aromatic heterocycles. The van der Waals surface area contributed by atoms with Gasteiger partial charge in [-0.3, -0.25) is 4.79 Å². The number of aliphatic hydroxyl groups excluding tert-OH is 1. The fraction of sp³-hybridized carbons (Fsp3) is 0.571. The predicted octanol–water partition coefficient (Wildman–Crippen LogP) is 1.65. The molecular weight excluding hydrogens is 344 g/mol. The Labute approximate surface area is 159 Å². The van der Waals surface area contributed by atoms with E-state index in [4.69, 9.17) is 9.57 Å². The van der Waals surface area contributed by atoms with Gasteiger partial charge < -0.3 is 19.6 Å². The Bertz CT molecular complexity index is 838. The van der Waals surface area contributed by atoms with Crippen LogP contribution in [0.2, 0.25) is 0 Å². The number of likely N-dealkylation sites (tertiary alicyclic amines) is 1. The number of rotatable bonds is 3. The van der Waals surface area contributed by atoms with Crippen molar-refractivity contribution in [2.24, 2.45) is 5.92 Å². The van der Waals surface area contributed by atoms with Gasteiger partial charge in [0.05, 0.1) is 0 Å². The summed E-state index contributed by atoms with van der Waals surface area (Å²) in [6, 6.07) is 4.43. The lowest BCUT2D eigenvalue weighted by atomic mass is 9.53. The molecule has 2 bridgehead atoms. The molecule has 1 fully saturated rings. The van der Waals surface area contributed by atoms with Crippen LogP contribution in [-0.4, -0.2) is 59.9 Å². The highest BCUT2D eigenvalue weighted by atomic mass is 16.7. The maximum absolute atomic E-state index is 12.0. The monoisotopic (exact) mass is 370 g/mol. The fourth-order valence-corrected chi connectivity index (χ4v) is 5.72. The van der Waals surface area contributed by atoms with Crippen molar-refractivity contribution in [3.05, 3.63) is 35.4 Å². The molecule has 5 atom stereocenters. The van der Waals surface area contributed by atoms with Gasteiger partial charge in [-0.05, 0) is 38.1 Å². The minimum Gasteiger partial charge on any atom is -0.482 e. The largest absolute Gasteiger partial charge is 0.482 e. The van der Waals surface area contributed by atoms with Crippen molar-refractivity contribution in [2.75, 3.05) is 20.6 Å². The second kappa shape index (κ2) is 5.72. The first-order valence-electron chi connectivity index (χ1n) is 9.81. The number of benzene rings is 1. The molecule has 0 saturated carbocycles. The van der Waals surface area contributed by atoms with Gasteiger partial charge in [0.2, 0.25) is 0 Å². The second-order valence-electron chi connectivity index (χ2n) is 8.25. The number of nitrogens with zero attached hydrogens (tertiary/aromatic N) is 2. The number of amides is 1. The lowest BCUT2D eigenvalue weighted by molar-refractivity contribution is -0.152. The van der Waals surface area contributed by atoms with Crippen LogP contribution in [0.3, 0.4) is 0 Å². The highest BCUT2D eigenvalue weighted by Crippen LogP contribution is 2.62. The maximum Gasteiger partial charge on any atom is 0.254 e. The van der Waals surface area contributed by atoms with Gasteiger partial charge in [0.15, 0.2) is 11.5 Å². The van der Waals surface area contributed by atoms with E-state index in [1.807, 2.05) is 19.1 Å². The first-order valence-corrected chi connectivity index (χ1v) is 9.81. The molecule has 1 amide bonds. The normalized spacial score (nSPS) is 35.4. The van der Waals surface area contributed by atoms with Crippen LogP contribution >= 0.6 is 0 Å². The van der Waals surface area contributed by atoms with Crippen LogP contribution < -0.4 is 9.57 Å². The minimum atomic E-state index is -0.633. The van der Waals surface area contributed by atoms with E-state index in [9.17, 15) is 9.90 Å². The molecule has 6 nitrogen and oxygen atoms in total. The topological polar surface area (TPSA) is 62.2 Å². The van der Waals surface area contributed by atoms with Gasteiger partial charge in [-0.1, -0.05) is 25.1 Å². The Morgan fingerprint density at radius 3 is 3.04 bits per heavy atom. The molecule has 2 heterocycles. The van der Waals surface area contributed by atoms with E-state index in [0.29, 0.717) is 29.9 Å². The molecule has 27 heavy (non-hydrogen) atoms. The van der Waals surface area contributed by atoms with Gasteiger partial charge in [0.25, 0.3) is 5.91 Å². The molecule has 144 valence electrons. The number of hydroxylamine groups is 2. The first kappa shape index (κ1) is 17.1. The molecule has 2 aliphatic carbocycles. The Hall–Kier alpha value is -2.05. The van der Waals surface area contributed by atoms with Gasteiger partial charge in [0.1, 0.15) is 12.2 Å². The van der Waals surface area contributed by atoms with E-state index in [1.165, 1.54) is 16.2 Å². The third-order valence-corrected chi connectivity index (χ3v) is 7.02. The number of piperidine rings is 1. The van der Waals surface area contributed by atoms with Crippen LogP contribution in [-0.2, 0) is 16.6 Å². The highest BCUT2D eigenvalue weighted by molar-refractivity contribution is 5.74. The lowest BCUT2D eigenvalue weighted by Gasteiger charge is -2.56. The van der Waals surface area contributed by atoms with E-state index in [2.05, 4.69) is 24.1 Å². The van der Waals surface area contributed by atoms with Crippen molar-refractivity contribution >= 4 is 5.91 Å². The summed E-state index contributed by atoms with van der Waals surface area (Å²) in [7, 11) is 3.82. The Morgan fingerprint density at radius 2 is 2.26 bits per heavy atom. The fourth-order valence-electron chi connectivity index (χ4n) is 5.72. The molecule has 6 heteroatoms. The van der Waals surface area contributed by atoms with E-state index < -0.39 is 6.10 Å². The summed E-state index contributed by atoms with van der Waals surface area (Å²) in [6.45, 7) is 2.79. The van der Waals surface area contributed by atoms with Crippen LogP contribution in [0.15, 0.2) is 24.3 Å². The predicted molar refractivity (Wildman–Crippen MR) is 99.6 cm³/mol. The van der Waals surface area contributed by atoms with E-state index in [1.54, 1.807) is 7.05 Å². The van der Waals surface area contributed by atoms with Gasteiger partial charge in [-0.15, -0.1) is 0 Å². The van der Waals surface area contributed by atoms with Crippen LogP contribution in [0.1, 0.15) is 30.9 Å². The number of likely N-dealkylation sites (N-methyl/N-ethyl adjacent to an activating group) is 1. The first-order chi connectivity index (χ1) is 13.0. The smallest absolute Gasteiger partial charge is 0.254 e. The lowest BCUT2D eigenvalue weighted by Crippen LogP contribution is -2.64.